The summed E-state index contributed by atoms with van der Waals surface area (Å²) in [5, 5.41) is 16.9. The fourth-order valence-corrected chi connectivity index (χ4v) is 3.52. The molecule has 2 aromatic heterocycles. The molecule has 0 bridgehead atoms. The second kappa shape index (κ2) is 7.40. The maximum absolute atomic E-state index is 12.7. The van der Waals surface area contributed by atoms with Gasteiger partial charge < -0.3 is 10.4 Å². The molecule has 9 heteroatoms. The lowest BCUT2D eigenvalue weighted by Gasteiger charge is -2.22. The van der Waals surface area contributed by atoms with Crippen molar-refractivity contribution in [3.8, 4) is 0 Å². The van der Waals surface area contributed by atoms with E-state index >= 15 is 0 Å². The van der Waals surface area contributed by atoms with Gasteiger partial charge in [-0.25, -0.2) is 4.52 Å². The summed E-state index contributed by atoms with van der Waals surface area (Å²) in [6.45, 7) is 1.70. The number of nitrogens with zero attached hydrogens (tertiary/aromatic N) is 4. The van der Waals surface area contributed by atoms with Crippen molar-refractivity contribution in [1.82, 2.24) is 19.5 Å². The number of fused-ring (bicyclic) bond motifs is 1. The highest BCUT2D eigenvalue weighted by atomic mass is 19.4. The fourth-order valence-electron chi connectivity index (χ4n) is 3.52. The van der Waals surface area contributed by atoms with Gasteiger partial charge in [-0.05, 0) is 55.8 Å². The Labute approximate surface area is 159 Å². The molecule has 2 N–H and O–H groups in total. The molecule has 6 nitrogen and oxygen atoms in total. The zero-order chi connectivity index (χ0) is 19.7. The average molecular weight is 391 g/mol. The summed E-state index contributed by atoms with van der Waals surface area (Å²) in [7, 11) is 0. The number of nitrogens with one attached hydrogen (secondary N) is 1. The van der Waals surface area contributed by atoms with E-state index in [1.807, 2.05) is 18.2 Å². The predicted molar refractivity (Wildman–Crippen MR) is 98.2 cm³/mol. The van der Waals surface area contributed by atoms with Crippen LogP contribution < -0.4 is 5.32 Å². The van der Waals surface area contributed by atoms with E-state index in [1.165, 1.54) is 12.1 Å². The van der Waals surface area contributed by atoms with Gasteiger partial charge in [-0.15, -0.1) is 5.10 Å². The Morgan fingerprint density at radius 2 is 1.93 bits per heavy atom. The van der Waals surface area contributed by atoms with Crippen molar-refractivity contribution in [2.45, 2.75) is 31.6 Å². The Morgan fingerprint density at radius 3 is 2.64 bits per heavy atom. The average Bonchev–Trinajstić information content (AvgIpc) is 3.28. The topological polar surface area (TPSA) is 65.7 Å². The molecule has 0 spiro atoms. The third kappa shape index (κ3) is 3.81. The monoisotopic (exact) mass is 391 g/mol. The van der Waals surface area contributed by atoms with Crippen molar-refractivity contribution in [2.75, 3.05) is 18.5 Å². The van der Waals surface area contributed by atoms with Crippen molar-refractivity contribution >= 4 is 17.3 Å². The molecule has 0 radical (unpaired) electrons. The number of anilines is 2. The molecule has 0 amide bonds. The van der Waals surface area contributed by atoms with Crippen LogP contribution in [0.15, 0.2) is 42.5 Å². The summed E-state index contributed by atoms with van der Waals surface area (Å²) in [5.41, 5.74) is 1.36. The molecule has 1 aliphatic heterocycles. The molecule has 3 heterocycles. The predicted octanol–water partition coefficient (Wildman–Crippen LogP) is 3.45. The van der Waals surface area contributed by atoms with Crippen LogP contribution in [0.5, 0.6) is 0 Å². The number of rotatable bonds is 5. The number of hydrogen-bond acceptors (Lipinski definition) is 5. The molecular weight excluding hydrogens is 371 g/mol. The zero-order valence-corrected chi connectivity index (χ0v) is 15.0. The largest absolute Gasteiger partial charge is 0.416 e. The first-order valence-electron chi connectivity index (χ1n) is 9.08. The van der Waals surface area contributed by atoms with Gasteiger partial charge in [-0.1, -0.05) is 6.07 Å². The Bertz CT molecular complexity index is 954. The van der Waals surface area contributed by atoms with Crippen molar-refractivity contribution in [2.24, 2.45) is 0 Å². The summed E-state index contributed by atoms with van der Waals surface area (Å²) in [5.74, 6) is 0.312. The Kier molecular flexibility index (Phi) is 4.94. The van der Waals surface area contributed by atoms with Gasteiger partial charge >= 0.3 is 6.18 Å². The summed E-state index contributed by atoms with van der Waals surface area (Å²) >= 11 is 0. The van der Waals surface area contributed by atoms with Gasteiger partial charge in [0.15, 0.2) is 5.65 Å². The molecule has 1 fully saturated rings. The number of alkyl halides is 3. The van der Waals surface area contributed by atoms with Gasteiger partial charge in [-0.3, -0.25) is 4.90 Å². The molecule has 0 aliphatic carbocycles. The van der Waals surface area contributed by atoms with Crippen LogP contribution in [0.25, 0.3) is 5.65 Å². The van der Waals surface area contributed by atoms with E-state index in [2.05, 4.69) is 20.3 Å². The summed E-state index contributed by atoms with van der Waals surface area (Å²) in [4.78, 5) is 6.63. The molecule has 3 aromatic rings. The molecule has 1 saturated heterocycles. The van der Waals surface area contributed by atoms with E-state index < -0.39 is 11.7 Å². The molecule has 4 rings (SSSR count). The highest BCUT2D eigenvalue weighted by Crippen LogP contribution is 2.30. The molecule has 1 atom stereocenters. The van der Waals surface area contributed by atoms with Crippen LogP contribution >= 0.6 is 0 Å². The smallest absolute Gasteiger partial charge is 0.395 e. The van der Waals surface area contributed by atoms with Crippen molar-refractivity contribution in [3.63, 3.8) is 0 Å². The minimum absolute atomic E-state index is 0.133. The van der Waals surface area contributed by atoms with E-state index in [4.69, 9.17) is 0 Å². The zero-order valence-electron chi connectivity index (χ0n) is 15.0. The first-order valence-corrected chi connectivity index (χ1v) is 9.08. The second-order valence-corrected chi connectivity index (χ2v) is 6.87. The standard InChI is InChI=1S/C19H20F3N5O/c20-19(21,22)13-6-8-14(9-7-13)23-18-24-17-5-1-3-15(27(17)25-18)11-26-10-2-4-16(26)12-28/h1,3,5-9,16,28H,2,4,10-12H2,(H,23,25)/t16-/m1/s1. The number of benzene rings is 1. The Morgan fingerprint density at radius 1 is 1.14 bits per heavy atom. The number of aliphatic hydroxyl groups excluding tert-OH is 1. The SMILES string of the molecule is OC[C@H]1CCCN1Cc1cccc2nc(Nc3ccc(C(F)(F)F)cc3)nn12. The summed E-state index contributed by atoms with van der Waals surface area (Å²) in [6.07, 6.45) is -2.33. The van der Waals surface area contributed by atoms with Crippen LogP contribution in [-0.4, -0.2) is 43.8 Å². The molecule has 1 aliphatic rings. The molecule has 28 heavy (non-hydrogen) atoms. The number of halogens is 3. The highest BCUT2D eigenvalue weighted by molar-refractivity contribution is 5.56. The van der Waals surface area contributed by atoms with Crippen LogP contribution in [0.4, 0.5) is 24.8 Å². The third-order valence-corrected chi connectivity index (χ3v) is 4.98. The van der Waals surface area contributed by atoms with Crippen LogP contribution in [0.3, 0.4) is 0 Å². The third-order valence-electron chi connectivity index (χ3n) is 4.98. The maximum Gasteiger partial charge on any atom is 0.416 e. The minimum atomic E-state index is -4.36. The highest BCUT2D eigenvalue weighted by Gasteiger charge is 2.30. The number of pyridine rings is 1. The number of hydrogen-bond donors (Lipinski definition) is 2. The van der Waals surface area contributed by atoms with E-state index in [0.29, 0.717) is 23.8 Å². The van der Waals surface area contributed by atoms with Crippen LogP contribution in [0.2, 0.25) is 0 Å². The second-order valence-electron chi connectivity index (χ2n) is 6.87. The van der Waals surface area contributed by atoms with Crippen molar-refractivity contribution in [3.05, 3.63) is 53.7 Å². The molecule has 0 saturated carbocycles. The maximum atomic E-state index is 12.7. The van der Waals surface area contributed by atoms with Gasteiger partial charge in [0.2, 0.25) is 5.95 Å². The summed E-state index contributed by atoms with van der Waals surface area (Å²) in [6, 6.07) is 10.6. The van der Waals surface area contributed by atoms with Crippen LogP contribution in [0, 0.1) is 0 Å². The van der Waals surface area contributed by atoms with Crippen molar-refractivity contribution < 1.29 is 18.3 Å². The van der Waals surface area contributed by atoms with Crippen LogP contribution in [0.1, 0.15) is 24.1 Å². The van der Waals surface area contributed by atoms with Gasteiger partial charge in [0.05, 0.1) is 17.9 Å². The molecule has 0 unspecified atom stereocenters. The number of aromatic nitrogens is 3. The molecular formula is C19H20F3N5O. The van der Waals surface area contributed by atoms with Gasteiger partial charge in [0, 0.05) is 18.3 Å². The quantitative estimate of drug-likeness (QED) is 0.698. The minimum Gasteiger partial charge on any atom is -0.395 e. The first-order chi connectivity index (χ1) is 13.4. The van der Waals surface area contributed by atoms with Gasteiger partial charge in [0.1, 0.15) is 0 Å². The van der Waals surface area contributed by atoms with E-state index in [-0.39, 0.29) is 12.6 Å². The Balaban J connectivity index is 1.55. The fraction of sp³-hybridized carbons (Fsp3) is 0.368. The molecule has 148 valence electrons. The lowest BCUT2D eigenvalue weighted by Crippen LogP contribution is -2.32. The Hall–Kier alpha value is -2.65. The van der Waals surface area contributed by atoms with E-state index in [0.717, 1.165) is 37.2 Å². The lowest BCUT2D eigenvalue weighted by atomic mass is 10.2. The van der Waals surface area contributed by atoms with E-state index in [1.54, 1.807) is 4.52 Å². The van der Waals surface area contributed by atoms with Crippen molar-refractivity contribution in [1.29, 1.82) is 0 Å². The van der Waals surface area contributed by atoms with Crippen LogP contribution in [-0.2, 0) is 12.7 Å². The normalized spacial score (nSPS) is 18.1. The lowest BCUT2D eigenvalue weighted by molar-refractivity contribution is -0.137. The number of aliphatic hydroxyl groups is 1. The van der Waals surface area contributed by atoms with Gasteiger partial charge in [-0.2, -0.15) is 18.2 Å². The summed E-state index contributed by atoms with van der Waals surface area (Å²) < 4.78 is 39.8. The van der Waals surface area contributed by atoms with E-state index in [9.17, 15) is 18.3 Å². The molecule has 1 aromatic carbocycles. The van der Waals surface area contributed by atoms with Gasteiger partial charge in [0.25, 0.3) is 0 Å². The number of likely N-dealkylation sites (tertiary alicyclic amines) is 1. The first kappa shape index (κ1) is 18.7.